The fraction of sp³-hybridized carbons (Fsp3) is 0.710. The molecule has 2 aromatic carbocycles. The molecule has 2 saturated heterocycles. The van der Waals surface area contributed by atoms with Crippen LogP contribution >= 0.6 is 23.5 Å². The van der Waals surface area contributed by atoms with Crippen molar-refractivity contribution in [2.24, 2.45) is 11.8 Å². The van der Waals surface area contributed by atoms with Gasteiger partial charge in [0.15, 0.2) is 0 Å². The summed E-state index contributed by atoms with van der Waals surface area (Å²) in [6.07, 6.45) is 47.0. The first-order valence-electron chi connectivity index (χ1n) is 32.6. The number of allylic oxidation sites excluding steroid dienone is 4. The normalized spacial score (nSPS) is 16.1. The zero-order valence-electron chi connectivity index (χ0n) is 50.9. The third-order valence-corrected chi connectivity index (χ3v) is 18.0. The molecule has 12 heteroatoms. The molecular formula is C69H110N2O8S2. The van der Waals surface area contributed by atoms with E-state index in [9.17, 15) is 19.2 Å². The van der Waals surface area contributed by atoms with Crippen LogP contribution in [0.2, 0.25) is 0 Å². The summed E-state index contributed by atoms with van der Waals surface area (Å²) in [4.78, 5) is 55.5. The third kappa shape index (κ3) is 37.4. The van der Waals surface area contributed by atoms with Crippen molar-refractivity contribution in [1.29, 1.82) is 0 Å². The van der Waals surface area contributed by atoms with Gasteiger partial charge in [0, 0.05) is 67.4 Å². The Balaban J connectivity index is 0.929. The first-order valence-corrected chi connectivity index (χ1v) is 34.9. The van der Waals surface area contributed by atoms with Gasteiger partial charge < -0.3 is 28.7 Å². The summed E-state index contributed by atoms with van der Waals surface area (Å²) in [6.45, 7) is 11.7. The smallest absolute Gasteiger partial charge is 0.311 e. The van der Waals surface area contributed by atoms with Gasteiger partial charge in [-0.2, -0.15) is 0 Å². The SMILES string of the molecule is CCCCCCCC/C=C\CCCCCCCC(=O)Oc1ccc(CC(=O)OCC2CCCN(CCSCSCCN3CCCC(COC(=O)Cc4ccc(OC(=O)CCCCCCC/C=C\CCCCCCCC)cc4)C3)C2)cc1. The Morgan fingerprint density at radius 3 is 1.17 bits per heavy atom. The second kappa shape index (κ2) is 47.7. The van der Waals surface area contributed by atoms with Gasteiger partial charge in [-0.3, -0.25) is 19.2 Å². The van der Waals surface area contributed by atoms with Crippen molar-refractivity contribution in [2.45, 2.75) is 232 Å². The highest BCUT2D eigenvalue weighted by molar-refractivity contribution is 8.16. The van der Waals surface area contributed by atoms with Crippen LogP contribution in [0.1, 0.15) is 230 Å². The summed E-state index contributed by atoms with van der Waals surface area (Å²) in [6, 6.07) is 14.5. The van der Waals surface area contributed by atoms with E-state index < -0.39 is 0 Å². The largest absolute Gasteiger partial charge is 0.465 e. The molecule has 2 unspecified atom stereocenters. The number of hydrogen-bond acceptors (Lipinski definition) is 12. The molecule has 2 aliphatic rings. The molecule has 2 fully saturated rings. The molecule has 0 radical (unpaired) electrons. The number of benzene rings is 2. The summed E-state index contributed by atoms with van der Waals surface area (Å²) in [5.41, 5.74) is 1.71. The van der Waals surface area contributed by atoms with Crippen molar-refractivity contribution >= 4 is 47.4 Å². The highest BCUT2D eigenvalue weighted by atomic mass is 32.2. The lowest BCUT2D eigenvalue weighted by molar-refractivity contribution is -0.145. The second-order valence-corrected chi connectivity index (χ2v) is 25.8. The van der Waals surface area contributed by atoms with E-state index in [1.165, 1.54) is 116 Å². The predicted octanol–water partition coefficient (Wildman–Crippen LogP) is 17.3. The lowest BCUT2D eigenvalue weighted by Gasteiger charge is -2.32. The highest BCUT2D eigenvalue weighted by Gasteiger charge is 2.23. The lowest BCUT2D eigenvalue weighted by atomic mass is 9.99. The van der Waals surface area contributed by atoms with Gasteiger partial charge in [-0.25, -0.2) is 0 Å². The number of ether oxygens (including phenoxy) is 4. The first kappa shape index (κ1) is 69.9. The number of piperidine rings is 2. The van der Waals surface area contributed by atoms with Gasteiger partial charge in [-0.1, -0.05) is 165 Å². The number of carbonyl (C=O) groups is 4. The third-order valence-electron chi connectivity index (χ3n) is 15.7. The molecule has 0 amide bonds. The molecule has 10 nitrogen and oxygen atoms in total. The molecule has 2 heterocycles. The Bertz CT molecular complexity index is 1840. The topological polar surface area (TPSA) is 112 Å². The van der Waals surface area contributed by atoms with Crippen LogP contribution < -0.4 is 9.47 Å². The van der Waals surface area contributed by atoms with E-state index in [-0.39, 0.29) is 36.7 Å². The zero-order chi connectivity index (χ0) is 57.5. The van der Waals surface area contributed by atoms with Crippen molar-refractivity contribution in [2.75, 3.05) is 69.1 Å². The van der Waals surface area contributed by atoms with E-state index in [2.05, 4.69) is 48.0 Å². The number of unbranched alkanes of at least 4 members (excludes halogenated alkanes) is 22. The maximum absolute atomic E-state index is 12.8. The van der Waals surface area contributed by atoms with Crippen LogP contribution in [0, 0.1) is 11.8 Å². The Hall–Kier alpha value is -3.58. The molecule has 4 rings (SSSR count). The molecule has 81 heavy (non-hydrogen) atoms. The molecule has 0 aromatic heterocycles. The minimum Gasteiger partial charge on any atom is -0.465 e. The number of hydrogen-bond donors (Lipinski definition) is 0. The fourth-order valence-corrected chi connectivity index (χ4v) is 13.0. The Morgan fingerprint density at radius 1 is 0.457 bits per heavy atom. The van der Waals surface area contributed by atoms with Crippen LogP contribution in [0.15, 0.2) is 72.8 Å². The summed E-state index contributed by atoms with van der Waals surface area (Å²) in [5, 5.41) is 1.08. The van der Waals surface area contributed by atoms with E-state index in [4.69, 9.17) is 18.9 Å². The molecule has 2 atom stereocenters. The molecule has 0 aliphatic carbocycles. The number of carbonyl (C=O) groups excluding carboxylic acids is 4. The van der Waals surface area contributed by atoms with E-state index in [1.807, 2.05) is 47.8 Å². The number of rotatable bonds is 48. The summed E-state index contributed by atoms with van der Waals surface area (Å²) in [7, 11) is 0. The maximum Gasteiger partial charge on any atom is 0.311 e. The van der Waals surface area contributed by atoms with Crippen molar-refractivity contribution in [1.82, 2.24) is 9.80 Å². The Kier molecular flexibility index (Phi) is 41.2. The molecule has 0 saturated carbocycles. The Morgan fingerprint density at radius 2 is 0.802 bits per heavy atom. The molecule has 2 aliphatic heterocycles. The summed E-state index contributed by atoms with van der Waals surface area (Å²) >= 11 is 4.00. The highest BCUT2D eigenvalue weighted by Crippen LogP contribution is 2.23. The molecular weight excluding hydrogens is 1050 g/mol. The van der Waals surface area contributed by atoms with Crippen molar-refractivity contribution in [3.8, 4) is 11.5 Å². The number of nitrogens with zero attached hydrogens (tertiary/aromatic N) is 2. The van der Waals surface area contributed by atoms with Crippen molar-refractivity contribution < 1.29 is 38.1 Å². The molecule has 2 aromatic rings. The van der Waals surface area contributed by atoms with E-state index in [0.29, 0.717) is 49.4 Å². The van der Waals surface area contributed by atoms with Crippen LogP contribution in [-0.4, -0.2) is 103 Å². The number of likely N-dealkylation sites (tertiary alicyclic amines) is 2. The quantitative estimate of drug-likeness (QED) is 0.0207. The monoisotopic (exact) mass is 1160 g/mol. The van der Waals surface area contributed by atoms with Crippen LogP contribution in [0.4, 0.5) is 0 Å². The van der Waals surface area contributed by atoms with Gasteiger partial charge in [0.1, 0.15) is 11.5 Å². The lowest BCUT2D eigenvalue weighted by Crippen LogP contribution is -2.39. The molecule has 0 N–H and O–H groups in total. The van der Waals surface area contributed by atoms with Gasteiger partial charge >= 0.3 is 23.9 Å². The van der Waals surface area contributed by atoms with Crippen molar-refractivity contribution in [3.63, 3.8) is 0 Å². The van der Waals surface area contributed by atoms with E-state index in [0.717, 1.165) is 144 Å². The molecule has 0 bridgehead atoms. The number of esters is 4. The second-order valence-electron chi connectivity index (χ2n) is 23.2. The van der Waals surface area contributed by atoms with Crippen LogP contribution in [-0.2, 0) is 41.5 Å². The van der Waals surface area contributed by atoms with Gasteiger partial charge in [-0.05, 0) is 138 Å². The number of thioether (sulfide) groups is 2. The van der Waals surface area contributed by atoms with Gasteiger partial charge in [-0.15, -0.1) is 23.5 Å². The predicted molar refractivity (Wildman–Crippen MR) is 340 cm³/mol. The summed E-state index contributed by atoms with van der Waals surface area (Å²) < 4.78 is 22.7. The molecule has 0 spiro atoms. The van der Waals surface area contributed by atoms with Crippen LogP contribution in [0.5, 0.6) is 11.5 Å². The van der Waals surface area contributed by atoms with Gasteiger partial charge in [0.25, 0.3) is 0 Å². The minimum atomic E-state index is -0.216. The average Bonchev–Trinajstić information content (AvgIpc) is 3.48. The fourth-order valence-electron chi connectivity index (χ4n) is 10.8. The Labute approximate surface area is 501 Å². The maximum atomic E-state index is 12.8. The van der Waals surface area contributed by atoms with Crippen molar-refractivity contribution in [3.05, 3.63) is 84.0 Å². The van der Waals surface area contributed by atoms with E-state index in [1.54, 1.807) is 24.3 Å². The minimum absolute atomic E-state index is 0.200. The van der Waals surface area contributed by atoms with Gasteiger partial charge in [0.2, 0.25) is 0 Å². The standard InChI is InChI=1S/C69H110N2O8S2/c1-3-5-7-9-11-13-15-17-19-21-23-25-27-29-31-37-66(72)78-64-43-39-60(40-44-64)53-68(74)76-57-62-35-33-47-70(55-62)49-51-80-59-81-52-50-71-48-34-36-63(56-71)58-77-69(75)54-61-41-45-65(46-42-61)79-67(73)38-32-30-28-26-24-22-20-18-16-14-12-10-8-6-4-2/h17-20,39-46,62-63H,3-16,21-38,47-59H2,1-2H3/b19-17-,20-18-. The zero-order valence-corrected chi connectivity index (χ0v) is 52.5. The van der Waals surface area contributed by atoms with Gasteiger partial charge in [0.05, 0.1) is 26.1 Å². The van der Waals surface area contributed by atoms with Crippen LogP contribution in [0.25, 0.3) is 0 Å². The summed E-state index contributed by atoms with van der Waals surface area (Å²) in [5.74, 6) is 3.11. The van der Waals surface area contributed by atoms with E-state index >= 15 is 0 Å². The average molecular weight is 1160 g/mol. The van der Waals surface area contributed by atoms with Crippen LogP contribution in [0.3, 0.4) is 0 Å². The molecule has 456 valence electrons. The first-order chi connectivity index (χ1) is 39.8.